The molecule has 0 saturated carbocycles. The van der Waals surface area contributed by atoms with Gasteiger partial charge in [-0.2, -0.15) is 0 Å². The van der Waals surface area contributed by atoms with E-state index >= 15 is 0 Å². The third kappa shape index (κ3) is 4.74. The molecule has 164 valence electrons. The Hall–Kier alpha value is -2.87. The SMILES string of the molecule is Cc1cnc(NC[C@@H]2[C@H](C)CCCN2C(=O)c2nc(C)sc2-c2ccc(F)cc2)nc1.[HH]. The first kappa shape index (κ1) is 21.4. The van der Waals surface area contributed by atoms with Crippen LogP contribution in [0.1, 0.15) is 42.3 Å². The lowest BCUT2D eigenvalue weighted by atomic mass is 9.90. The van der Waals surface area contributed by atoms with Crippen molar-refractivity contribution in [3.8, 4) is 10.4 Å². The lowest BCUT2D eigenvalue weighted by Gasteiger charge is -2.40. The minimum Gasteiger partial charge on any atom is -0.352 e. The van der Waals surface area contributed by atoms with Crippen molar-refractivity contribution in [1.82, 2.24) is 19.9 Å². The largest absolute Gasteiger partial charge is 0.352 e. The van der Waals surface area contributed by atoms with E-state index < -0.39 is 0 Å². The summed E-state index contributed by atoms with van der Waals surface area (Å²) >= 11 is 1.46. The molecule has 1 aromatic carbocycles. The molecule has 8 heteroatoms. The fourth-order valence-electron chi connectivity index (χ4n) is 4.00. The molecule has 0 spiro atoms. The molecule has 6 nitrogen and oxygen atoms in total. The molecule has 1 amide bonds. The van der Waals surface area contributed by atoms with Gasteiger partial charge in [0.15, 0.2) is 0 Å². The first-order valence-electron chi connectivity index (χ1n) is 10.5. The second-order valence-electron chi connectivity index (χ2n) is 8.07. The number of benzene rings is 1. The summed E-state index contributed by atoms with van der Waals surface area (Å²) in [5.41, 5.74) is 2.25. The Morgan fingerprint density at radius 1 is 1.26 bits per heavy atom. The first-order chi connectivity index (χ1) is 14.9. The number of piperidine rings is 1. The van der Waals surface area contributed by atoms with Gasteiger partial charge in [-0.25, -0.2) is 19.3 Å². The number of carbonyl (C=O) groups excluding carboxylic acids is 1. The number of hydrogen-bond acceptors (Lipinski definition) is 6. The molecular formula is C23H28FN5OS. The summed E-state index contributed by atoms with van der Waals surface area (Å²) in [6.07, 6.45) is 5.57. The molecule has 0 radical (unpaired) electrons. The van der Waals surface area contributed by atoms with E-state index in [9.17, 15) is 9.18 Å². The van der Waals surface area contributed by atoms with Gasteiger partial charge in [-0.1, -0.05) is 19.1 Å². The normalized spacial score (nSPS) is 18.8. The van der Waals surface area contributed by atoms with E-state index in [0.717, 1.165) is 33.9 Å². The second-order valence-corrected chi connectivity index (χ2v) is 9.27. The lowest BCUT2D eigenvalue weighted by molar-refractivity contribution is 0.0535. The highest BCUT2D eigenvalue weighted by Crippen LogP contribution is 2.33. The predicted octanol–water partition coefficient (Wildman–Crippen LogP) is 4.95. The number of aromatic nitrogens is 3. The van der Waals surface area contributed by atoms with E-state index in [1.54, 1.807) is 24.5 Å². The van der Waals surface area contributed by atoms with E-state index in [1.807, 2.05) is 18.7 Å². The van der Waals surface area contributed by atoms with Gasteiger partial charge in [-0.05, 0) is 55.9 Å². The Kier molecular flexibility index (Phi) is 6.27. The lowest BCUT2D eigenvalue weighted by Crippen LogP contribution is -2.51. The summed E-state index contributed by atoms with van der Waals surface area (Å²) in [6, 6.07) is 6.23. The van der Waals surface area contributed by atoms with E-state index in [-0.39, 0.29) is 19.2 Å². The Morgan fingerprint density at radius 2 is 1.97 bits per heavy atom. The van der Waals surface area contributed by atoms with Crippen molar-refractivity contribution in [1.29, 1.82) is 0 Å². The van der Waals surface area contributed by atoms with Crippen LogP contribution in [0, 0.1) is 25.6 Å². The maximum absolute atomic E-state index is 13.6. The Balaban J connectivity index is 0.00000289. The van der Waals surface area contributed by atoms with Crippen molar-refractivity contribution >= 4 is 23.2 Å². The first-order valence-corrected chi connectivity index (χ1v) is 11.3. The third-order valence-corrected chi connectivity index (χ3v) is 6.69. The van der Waals surface area contributed by atoms with Crippen LogP contribution in [0.25, 0.3) is 10.4 Å². The van der Waals surface area contributed by atoms with Crippen LogP contribution in [0.5, 0.6) is 0 Å². The molecule has 2 atom stereocenters. The third-order valence-electron chi connectivity index (χ3n) is 5.67. The number of nitrogens with one attached hydrogen (secondary N) is 1. The number of anilines is 1. The number of thiazole rings is 1. The quantitative estimate of drug-likeness (QED) is 0.606. The van der Waals surface area contributed by atoms with Crippen molar-refractivity contribution in [2.75, 3.05) is 18.4 Å². The van der Waals surface area contributed by atoms with Gasteiger partial charge in [0.1, 0.15) is 11.5 Å². The molecule has 31 heavy (non-hydrogen) atoms. The standard InChI is InChI=1S/C23H26FN5OS.H2/c1-14-11-25-23(26-12-14)27-13-19-15(2)5-4-10-29(19)22(30)20-21(31-16(3)28-20)17-6-8-18(24)9-7-17;/h6-9,11-12,15,19H,4-5,10,13H2,1-3H3,(H,25,26,27);1H/t15-,19-;/m1./s1. The van der Waals surface area contributed by atoms with Crippen molar-refractivity contribution < 1.29 is 10.6 Å². The van der Waals surface area contributed by atoms with E-state index in [1.165, 1.54) is 23.5 Å². The van der Waals surface area contributed by atoms with Gasteiger partial charge >= 0.3 is 0 Å². The predicted molar refractivity (Wildman–Crippen MR) is 123 cm³/mol. The fraction of sp³-hybridized carbons (Fsp3) is 0.391. The van der Waals surface area contributed by atoms with E-state index in [0.29, 0.717) is 30.6 Å². The maximum atomic E-state index is 13.6. The number of likely N-dealkylation sites (tertiary alicyclic amines) is 1. The smallest absolute Gasteiger partial charge is 0.274 e. The number of carbonyl (C=O) groups is 1. The summed E-state index contributed by atoms with van der Waals surface area (Å²) in [5, 5.41) is 4.11. The minimum atomic E-state index is -0.299. The minimum absolute atomic E-state index is 0. The van der Waals surface area contributed by atoms with Crippen LogP contribution in [-0.2, 0) is 0 Å². The van der Waals surface area contributed by atoms with Gasteiger partial charge in [0.25, 0.3) is 5.91 Å². The Bertz CT molecular complexity index is 1060. The van der Waals surface area contributed by atoms with Gasteiger partial charge in [-0.15, -0.1) is 11.3 Å². The number of halogens is 1. The molecule has 3 aromatic rings. The monoisotopic (exact) mass is 441 g/mol. The van der Waals surface area contributed by atoms with Crippen LogP contribution in [0.3, 0.4) is 0 Å². The molecular weight excluding hydrogens is 413 g/mol. The molecule has 0 bridgehead atoms. The zero-order valence-electron chi connectivity index (χ0n) is 17.9. The highest BCUT2D eigenvalue weighted by atomic mass is 32.1. The number of amides is 1. The Labute approximate surface area is 187 Å². The molecule has 1 aliphatic rings. The molecule has 1 N–H and O–H groups in total. The summed E-state index contributed by atoms with van der Waals surface area (Å²) in [4.78, 5) is 29.5. The van der Waals surface area contributed by atoms with Crippen LogP contribution in [-0.4, -0.2) is 44.9 Å². The highest BCUT2D eigenvalue weighted by molar-refractivity contribution is 7.15. The van der Waals surface area contributed by atoms with Gasteiger partial charge in [0.05, 0.1) is 15.9 Å². The molecule has 0 unspecified atom stereocenters. The van der Waals surface area contributed by atoms with Gasteiger partial charge in [-0.3, -0.25) is 4.79 Å². The van der Waals surface area contributed by atoms with Gasteiger partial charge in [0, 0.05) is 26.9 Å². The number of rotatable bonds is 5. The number of aryl methyl sites for hydroxylation is 2. The summed E-state index contributed by atoms with van der Waals surface area (Å²) in [6.45, 7) is 7.27. The van der Waals surface area contributed by atoms with Crippen LogP contribution < -0.4 is 5.32 Å². The summed E-state index contributed by atoms with van der Waals surface area (Å²) in [5.74, 6) is 0.524. The fourth-order valence-corrected chi connectivity index (χ4v) is 4.91. The molecule has 1 saturated heterocycles. The van der Waals surface area contributed by atoms with E-state index in [2.05, 4.69) is 27.2 Å². The zero-order valence-corrected chi connectivity index (χ0v) is 18.7. The van der Waals surface area contributed by atoms with Gasteiger partial charge < -0.3 is 10.2 Å². The summed E-state index contributed by atoms with van der Waals surface area (Å²) in [7, 11) is 0. The molecule has 4 rings (SSSR count). The highest BCUT2D eigenvalue weighted by Gasteiger charge is 2.34. The maximum Gasteiger partial charge on any atom is 0.274 e. The van der Waals surface area contributed by atoms with Crippen molar-refractivity contribution in [3.63, 3.8) is 0 Å². The average molecular weight is 442 g/mol. The molecule has 1 fully saturated rings. The van der Waals surface area contributed by atoms with Crippen LogP contribution in [0.2, 0.25) is 0 Å². The van der Waals surface area contributed by atoms with Crippen LogP contribution in [0.4, 0.5) is 10.3 Å². The zero-order chi connectivity index (χ0) is 22.0. The van der Waals surface area contributed by atoms with Crippen molar-refractivity contribution in [2.45, 2.75) is 39.7 Å². The Morgan fingerprint density at radius 3 is 2.68 bits per heavy atom. The molecule has 1 aliphatic heterocycles. The summed E-state index contributed by atoms with van der Waals surface area (Å²) < 4.78 is 13.4. The van der Waals surface area contributed by atoms with Crippen LogP contribution in [0.15, 0.2) is 36.7 Å². The van der Waals surface area contributed by atoms with E-state index in [4.69, 9.17) is 0 Å². The number of nitrogens with zero attached hydrogens (tertiary/aromatic N) is 4. The number of hydrogen-bond donors (Lipinski definition) is 1. The second kappa shape index (κ2) is 9.09. The topological polar surface area (TPSA) is 71.0 Å². The molecule has 3 heterocycles. The van der Waals surface area contributed by atoms with Gasteiger partial charge in [0.2, 0.25) is 5.95 Å². The molecule has 0 aliphatic carbocycles. The van der Waals surface area contributed by atoms with Crippen molar-refractivity contribution in [2.24, 2.45) is 5.92 Å². The molecule has 2 aromatic heterocycles. The average Bonchev–Trinajstić information content (AvgIpc) is 3.15. The van der Waals surface area contributed by atoms with Crippen LogP contribution >= 0.6 is 11.3 Å². The van der Waals surface area contributed by atoms with Crippen molar-refractivity contribution in [3.05, 3.63) is 58.7 Å².